The van der Waals surface area contributed by atoms with Crippen LogP contribution in [-0.2, 0) is 11.2 Å². The molecule has 0 spiro atoms. The summed E-state index contributed by atoms with van der Waals surface area (Å²) < 4.78 is 10.6. The molecule has 1 heterocycles. The number of nitriles is 1. The second kappa shape index (κ2) is 7.62. The maximum atomic E-state index is 12.4. The Morgan fingerprint density at radius 3 is 2.59 bits per heavy atom. The minimum Gasteiger partial charge on any atom is -0.497 e. The van der Waals surface area contributed by atoms with Crippen molar-refractivity contribution in [1.82, 2.24) is 5.32 Å². The summed E-state index contributed by atoms with van der Waals surface area (Å²) in [4.78, 5) is 24.0. The van der Waals surface area contributed by atoms with Gasteiger partial charge >= 0.3 is 5.97 Å². The average Bonchev–Trinajstić information content (AvgIpc) is 3.11. The minimum atomic E-state index is -1.16. The van der Waals surface area contributed by atoms with E-state index in [4.69, 9.17) is 14.4 Å². The number of amides is 1. The first-order valence-electron chi connectivity index (χ1n) is 8.10. The third kappa shape index (κ3) is 4.07. The maximum absolute atomic E-state index is 12.4. The summed E-state index contributed by atoms with van der Waals surface area (Å²) in [6, 6.07) is 14.0. The van der Waals surface area contributed by atoms with Crippen molar-refractivity contribution in [3.05, 3.63) is 65.4 Å². The third-order valence-corrected chi connectivity index (χ3v) is 4.07. The van der Waals surface area contributed by atoms with E-state index >= 15 is 0 Å². The van der Waals surface area contributed by atoms with E-state index in [2.05, 4.69) is 5.32 Å². The number of furan rings is 1. The lowest BCUT2D eigenvalue weighted by molar-refractivity contribution is -0.139. The Morgan fingerprint density at radius 1 is 1.22 bits per heavy atom. The van der Waals surface area contributed by atoms with Crippen LogP contribution < -0.4 is 10.1 Å². The second-order valence-corrected chi connectivity index (χ2v) is 5.89. The van der Waals surface area contributed by atoms with Gasteiger partial charge in [0.25, 0.3) is 5.91 Å². The van der Waals surface area contributed by atoms with Crippen molar-refractivity contribution in [1.29, 1.82) is 5.26 Å². The van der Waals surface area contributed by atoms with E-state index in [1.54, 1.807) is 42.5 Å². The summed E-state index contributed by atoms with van der Waals surface area (Å²) in [5, 5.41) is 21.4. The molecule has 7 heteroatoms. The van der Waals surface area contributed by atoms with Crippen molar-refractivity contribution in [3.63, 3.8) is 0 Å². The van der Waals surface area contributed by atoms with Crippen LogP contribution in [0, 0.1) is 11.3 Å². The first-order valence-corrected chi connectivity index (χ1v) is 8.10. The normalized spacial score (nSPS) is 11.6. The lowest BCUT2D eigenvalue weighted by Gasteiger charge is -2.13. The zero-order chi connectivity index (χ0) is 19.4. The quantitative estimate of drug-likeness (QED) is 0.695. The standard InChI is InChI=1S/C20H16N2O5/c1-26-15-6-7-17-14(9-15)10-18(27-17)19(23)22-16(20(24)25)8-12-2-4-13(11-21)5-3-12/h2-7,9-10,16H,8H2,1H3,(H,22,23)(H,24,25)/t16-/m0/s1. The Hall–Kier alpha value is -3.79. The van der Waals surface area contributed by atoms with Crippen LogP contribution in [0.5, 0.6) is 5.75 Å². The molecule has 0 aliphatic carbocycles. The van der Waals surface area contributed by atoms with Gasteiger partial charge in [-0.05, 0) is 42.0 Å². The summed E-state index contributed by atoms with van der Waals surface area (Å²) >= 11 is 0. The van der Waals surface area contributed by atoms with Gasteiger partial charge in [-0.2, -0.15) is 5.26 Å². The number of ether oxygens (including phenoxy) is 1. The van der Waals surface area contributed by atoms with Crippen LogP contribution in [0.3, 0.4) is 0 Å². The first kappa shape index (κ1) is 18.0. The Balaban J connectivity index is 1.76. The molecular weight excluding hydrogens is 348 g/mol. The molecule has 0 aliphatic rings. The van der Waals surface area contributed by atoms with Crippen LogP contribution in [0.25, 0.3) is 11.0 Å². The third-order valence-electron chi connectivity index (χ3n) is 4.07. The number of benzene rings is 2. The zero-order valence-electron chi connectivity index (χ0n) is 14.4. The molecule has 0 fully saturated rings. The summed E-state index contributed by atoms with van der Waals surface area (Å²) in [7, 11) is 1.54. The molecule has 0 saturated heterocycles. The van der Waals surface area contributed by atoms with Crippen LogP contribution >= 0.6 is 0 Å². The Morgan fingerprint density at radius 2 is 1.96 bits per heavy atom. The molecule has 1 aromatic heterocycles. The fourth-order valence-corrected chi connectivity index (χ4v) is 2.64. The highest BCUT2D eigenvalue weighted by molar-refractivity contribution is 5.98. The van der Waals surface area contributed by atoms with E-state index in [1.807, 2.05) is 6.07 Å². The van der Waals surface area contributed by atoms with E-state index in [-0.39, 0.29) is 12.2 Å². The van der Waals surface area contributed by atoms with Gasteiger partial charge in [-0.25, -0.2) is 4.79 Å². The highest BCUT2D eigenvalue weighted by Crippen LogP contribution is 2.24. The Kier molecular flexibility index (Phi) is 5.08. The van der Waals surface area contributed by atoms with Crippen LogP contribution in [0.1, 0.15) is 21.7 Å². The largest absolute Gasteiger partial charge is 0.497 e. The van der Waals surface area contributed by atoms with Crippen molar-refractivity contribution in [2.24, 2.45) is 0 Å². The van der Waals surface area contributed by atoms with Gasteiger partial charge in [0.1, 0.15) is 17.4 Å². The number of carboxylic acid groups (broad SMARTS) is 1. The summed E-state index contributed by atoms with van der Waals surface area (Å²) in [6.07, 6.45) is 0.0842. The molecule has 27 heavy (non-hydrogen) atoms. The number of nitrogens with zero attached hydrogens (tertiary/aromatic N) is 1. The number of hydrogen-bond acceptors (Lipinski definition) is 5. The number of rotatable bonds is 6. The van der Waals surface area contributed by atoms with Crippen LogP contribution in [0.2, 0.25) is 0 Å². The first-order chi connectivity index (χ1) is 13.0. The van der Waals surface area contributed by atoms with Crippen LogP contribution in [-0.4, -0.2) is 30.1 Å². The molecule has 2 aromatic carbocycles. The number of carbonyl (C=O) groups excluding carboxylic acids is 1. The SMILES string of the molecule is COc1ccc2oc(C(=O)N[C@@H](Cc3ccc(C#N)cc3)C(=O)O)cc2c1. The number of carbonyl (C=O) groups is 2. The van der Waals surface area contributed by atoms with Gasteiger partial charge in [0.15, 0.2) is 5.76 Å². The lowest BCUT2D eigenvalue weighted by Crippen LogP contribution is -2.42. The monoisotopic (exact) mass is 364 g/mol. The van der Waals surface area contributed by atoms with Gasteiger partial charge in [0.05, 0.1) is 18.7 Å². The molecule has 0 aliphatic heterocycles. The predicted molar refractivity (Wildman–Crippen MR) is 96.5 cm³/mol. The number of carboxylic acids is 1. The summed E-state index contributed by atoms with van der Waals surface area (Å²) in [6.45, 7) is 0. The fraction of sp³-hybridized carbons (Fsp3) is 0.150. The number of aliphatic carboxylic acids is 1. The van der Waals surface area contributed by atoms with E-state index < -0.39 is 17.9 Å². The molecule has 136 valence electrons. The van der Waals surface area contributed by atoms with E-state index in [0.717, 1.165) is 0 Å². The average molecular weight is 364 g/mol. The summed E-state index contributed by atoms with van der Waals surface area (Å²) in [5.74, 6) is -1.14. The van der Waals surface area contributed by atoms with Gasteiger partial charge in [-0.3, -0.25) is 4.79 Å². The summed E-state index contributed by atoms with van der Waals surface area (Å²) in [5.41, 5.74) is 1.67. The zero-order valence-corrected chi connectivity index (χ0v) is 14.4. The second-order valence-electron chi connectivity index (χ2n) is 5.89. The fourth-order valence-electron chi connectivity index (χ4n) is 2.64. The molecule has 1 atom stereocenters. The number of methoxy groups -OCH3 is 1. The molecule has 0 saturated carbocycles. The molecule has 3 rings (SSSR count). The maximum Gasteiger partial charge on any atom is 0.326 e. The van der Waals surface area contributed by atoms with Gasteiger partial charge in [-0.15, -0.1) is 0 Å². The van der Waals surface area contributed by atoms with Crippen LogP contribution in [0.4, 0.5) is 0 Å². The van der Waals surface area contributed by atoms with Gasteiger partial charge in [0.2, 0.25) is 0 Å². The highest BCUT2D eigenvalue weighted by atomic mass is 16.5. The van der Waals surface area contributed by atoms with Crippen molar-refractivity contribution < 1.29 is 23.8 Å². The molecule has 0 radical (unpaired) electrons. The Labute approximate surface area is 154 Å². The smallest absolute Gasteiger partial charge is 0.326 e. The molecule has 0 unspecified atom stereocenters. The van der Waals surface area contributed by atoms with E-state index in [9.17, 15) is 14.7 Å². The van der Waals surface area contributed by atoms with Gasteiger partial charge < -0.3 is 19.6 Å². The molecule has 0 bridgehead atoms. The van der Waals surface area contributed by atoms with Crippen molar-refractivity contribution >= 4 is 22.8 Å². The lowest BCUT2D eigenvalue weighted by atomic mass is 10.0. The molecule has 7 nitrogen and oxygen atoms in total. The highest BCUT2D eigenvalue weighted by Gasteiger charge is 2.23. The molecular formula is C20H16N2O5. The van der Waals surface area contributed by atoms with Gasteiger partial charge in [-0.1, -0.05) is 12.1 Å². The predicted octanol–water partition coefficient (Wildman–Crippen LogP) is 2.74. The van der Waals surface area contributed by atoms with Crippen molar-refractivity contribution in [2.75, 3.05) is 7.11 Å². The topological polar surface area (TPSA) is 113 Å². The number of nitrogens with one attached hydrogen (secondary N) is 1. The van der Waals surface area contributed by atoms with Crippen molar-refractivity contribution in [2.45, 2.75) is 12.5 Å². The van der Waals surface area contributed by atoms with E-state index in [0.29, 0.717) is 27.8 Å². The molecule has 2 N–H and O–H groups in total. The van der Waals surface area contributed by atoms with Crippen LogP contribution in [0.15, 0.2) is 52.9 Å². The Bertz CT molecular complexity index is 1030. The molecule has 3 aromatic rings. The minimum absolute atomic E-state index is 0.0179. The number of hydrogen-bond donors (Lipinski definition) is 2. The van der Waals surface area contributed by atoms with Gasteiger partial charge in [0, 0.05) is 11.8 Å². The van der Waals surface area contributed by atoms with E-state index in [1.165, 1.54) is 13.2 Å². The number of fused-ring (bicyclic) bond motifs is 1. The van der Waals surface area contributed by atoms with Crippen molar-refractivity contribution in [3.8, 4) is 11.8 Å². The molecule has 1 amide bonds.